The summed E-state index contributed by atoms with van der Waals surface area (Å²) < 4.78 is 10.9. The molecule has 0 amide bonds. The maximum atomic E-state index is 13.5. The molecule has 2 aliphatic rings. The standard InChI is InChI=1S/C24H25N3O4/c1-14-6-5-10-27(13-14)19-12-18(25-9-11-30-15(2)28)20-21-22(19)26-31-24(21)17-8-4-3-7-16(17)23(20)29/h3-4,7-8,12,14,25H,5-6,9-11,13H2,1-2H3. The highest BCUT2D eigenvalue weighted by atomic mass is 16.5. The zero-order chi connectivity index (χ0) is 21.5. The first kappa shape index (κ1) is 19.6. The number of esters is 1. The maximum absolute atomic E-state index is 13.5. The molecule has 7 heteroatoms. The monoisotopic (exact) mass is 419 g/mol. The number of ketones is 1. The summed E-state index contributed by atoms with van der Waals surface area (Å²) in [7, 11) is 0. The van der Waals surface area contributed by atoms with E-state index >= 15 is 0 Å². The van der Waals surface area contributed by atoms with Crippen LogP contribution in [0.4, 0.5) is 11.4 Å². The summed E-state index contributed by atoms with van der Waals surface area (Å²) in [6.45, 7) is 6.16. The van der Waals surface area contributed by atoms with E-state index in [0.29, 0.717) is 29.3 Å². The molecule has 0 bridgehead atoms. The predicted octanol–water partition coefficient (Wildman–Crippen LogP) is 4.25. The van der Waals surface area contributed by atoms with Crippen molar-refractivity contribution in [3.63, 3.8) is 0 Å². The van der Waals surface area contributed by atoms with Gasteiger partial charge in [-0.1, -0.05) is 36.3 Å². The number of hydrogen-bond donors (Lipinski definition) is 1. The smallest absolute Gasteiger partial charge is 0.302 e. The van der Waals surface area contributed by atoms with Crippen molar-refractivity contribution < 1.29 is 18.8 Å². The number of carbonyl (C=O) groups is 2. The first-order valence-corrected chi connectivity index (χ1v) is 10.8. The molecule has 1 N–H and O–H groups in total. The lowest BCUT2D eigenvalue weighted by molar-refractivity contribution is -0.140. The molecular weight excluding hydrogens is 394 g/mol. The van der Waals surface area contributed by atoms with Crippen molar-refractivity contribution in [1.82, 2.24) is 5.16 Å². The van der Waals surface area contributed by atoms with Crippen molar-refractivity contribution in [3.05, 3.63) is 41.5 Å². The van der Waals surface area contributed by atoms with Gasteiger partial charge in [-0.2, -0.15) is 0 Å². The third-order valence-electron chi connectivity index (χ3n) is 6.10. The van der Waals surface area contributed by atoms with Gasteiger partial charge in [-0.25, -0.2) is 0 Å². The Morgan fingerprint density at radius 2 is 2.13 bits per heavy atom. The zero-order valence-electron chi connectivity index (χ0n) is 17.7. The van der Waals surface area contributed by atoms with Crippen molar-refractivity contribution in [1.29, 1.82) is 0 Å². The van der Waals surface area contributed by atoms with Crippen LogP contribution in [0.15, 0.2) is 34.9 Å². The third kappa shape index (κ3) is 3.34. The highest BCUT2D eigenvalue weighted by Crippen LogP contribution is 2.46. The van der Waals surface area contributed by atoms with Crippen LogP contribution in [0.5, 0.6) is 0 Å². The fourth-order valence-corrected chi connectivity index (χ4v) is 4.71. The van der Waals surface area contributed by atoms with Crippen LogP contribution in [0.3, 0.4) is 0 Å². The van der Waals surface area contributed by atoms with Gasteiger partial charge in [0.1, 0.15) is 12.1 Å². The first-order valence-electron chi connectivity index (χ1n) is 10.8. The lowest BCUT2D eigenvalue weighted by Crippen LogP contribution is -2.34. The van der Waals surface area contributed by atoms with E-state index in [1.807, 2.05) is 30.3 Å². The van der Waals surface area contributed by atoms with E-state index in [2.05, 4.69) is 22.3 Å². The number of aromatic nitrogens is 1. The SMILES string of the molecule is CC(=O)OCCNc1cc(N2CCCC(C)C2)c2noc3c2c1C(=O)c1ccccc1-3. The Kier molecular flexibility index (Phi) is 4.88. The number of rotatable bonds is 5. The summed E-state index contributed by atoms with van der Waals surface area (Å²) in [5, 5.41) is 8.50. The molecule has 0 spiro atoms. The van der Waals surface area contributed by atoms with Crippen LogP contribution in [0, 0.1) is 5.92 Å². The van der Waals surface area contributed by atoms with Gasteiger partial charge in [0.2, 0.25) is 0 Å². The Labute approximate surface area is 180 Å². The Morgan fingerprint density at radius 1 is 1.32 bits per heavy atom. The van der Waals surface area contributed by atoms with Gasteiger partial charge in [0, 0.05) is 43.4 Å². The van der Waals surface area contributed by atoms with Crippen LogP contribution >= 0.6 is 0 Å². The lowest BCUT2D eigenvalue weighted by atomic mass is 9.86. The van der Waals surface area contributed by atoms with Gasteiger partial charge in [0.25, 0.3) is 0 Å². The Bertz CT molecular complexity index is 1180. The molecule has 0 radical (unpaired) electrons. The molecule has 2 heterocycles. The highest BCUT2D eigenvalue weighted by molar-refractivity contribution is 6.28. The van der Waals surface area contributed by atoms with Crippen molar-refractivity contribution in [2.24, 2.45) is 5.92 Å². The van der Waals surface area contributed by atoms with Gasteiger partial charge in [-0.3, -0.25) is 9.59 Å². The van der Waals surface area contributed by atoms with E-state index in [0.717, 1.165) is 47.4 Å². The van der Waals surface area contributed by atoms with E-state index in [9.17, 15) is 9.59 Å². The molecule has 1 unspecified atom stereocenters. The number of benzene rings is 2. The number of ether oxygens (including phenoxy) is 1. The van der Waals surface area contributed by atoms with Crippen LogP contribution in [0.25, 0.3) is 22.2 Å². The van der Waals surface area contributed by atoms with Gasteiger partial charge in [0.15, 0.2) is 11.5 Å². The fourth-order valence-electron chi connectivity index (χ4n) is 4.71. The summed E-state index contributed by atoms with van der Waals surface area (Å²) >= 11 is 0. The summed E-state index contributed by atoms with van der Waals surface area (Å²) in [6.07, 6.45) is 2.33. The number of nitrogens with zero attached hydrogens (tertiary/aromatic N) is 2. The number of nitrogens with one attached hydrogen (secondary N) is 1. The van der Waals surface area contributed by atoms with Crippen molar-refractivity contribution in [2.45, 2.75) is 26.7 Å². The van der Waals surface area contributed by atoms with Crippen molar-refractivity contribution in [2.75, 3.05) is 36.5 Å². The molecule has 1 atom stereocenters. The zero-order valence-corrected chi connectivity index (χ0v) is 17.7. The van der Waals surface area contributed by atoms with Crippen molar-refractivity contribution >= 4 is 34.0 Å². The fraction of sp³-hybridized carbons (Fsp3) is 0.375. The van der Waals surface area contributed by atoms with Crippen molar-refractivity contribution in [3.8, 4) is 11.3 Å². The average Bonchev–Trinajstić information content (AvgIpc) is 3.20. The molecular formula is C24H25N3O4. The number of piperidine rings is 1. The Hall–Kier alpha value is -3.35. The third-order valence-corrected chi connectivity index (χ3v) is 6.10. The van der Waals surface area contributed by atoms with Gasteiger partial charge < -0.3 is 19.5 Å². The minimum atomic E-state index is -0.326. The van der Waals surface area contributed by atoms with Crippen LogP contribution in [-0.4, -0.2) is 43.2 Å². The molecule has 1 aliphatic carbocycles. The van der Waals surface area contributed by atoms with Gasteiger partial charge in [0.05, 0.1) is 16.6 Å². The van der Waals surface area contributed by atoms with E-state index < -0.39 is 0 Å². The molecule has 1 aromatic heterocycles. The predicted molar refractivity (Wildman–Crippen MR) is 119 cm³/mol. The normalized spacial score (nSPS) is 17.5. The van der Waals surface area contributed by atoms with Crippen LogP contribution in [-0.2, 0) is 9.53 Å². The number of carbonyl (C=O) groups excluding carboxylic acids is 2. The van der Waals surface area contributed by atoms with E-state index in [4.69, 9.17) is 9.26 Å². The average molecular weight is 419 g/mol. The minimum Gasteiger partial charge on any atom is -0.464 e. The quantitative estimate of drug-likeness (QED) is 0.382. The molecule has 160 valence electrons. The number of hydrogen-bond acceptors (Lipinski definition) is 7. The molecule has 0 saturated carbocycles. The second-order valence-electron chi connectivity index (χ2n) is 8.39. The molecule has 1 fully saturated rings. The van der Waals surface area contributed by atoms with Gasteiger partial charge in [-0.15, -0.1) is 0 Å². The number of anilines is 2. The number of fused-ring (bicyclic) bond motifs is 2. The molecule has 5 rings (SSSR count). The summed E-state index contributed by atoms with van der Waals surface area (Å²) in [5.74, 6) is 0.846. The largest absolute Gasteiger partial charge is 0.464 e. The van der Waals surface area contributed by atoms with E-state index in [1.54, 1.807) is 0 Å². The summed E-state index contributed by atoms with van der Waals surface area (Å²) in [6, 6.07) is 9.48. The van der Waals surface area contributed by atoms with Gasteiger partial charge in [-0.05, 0) is 24.8 Å². The second-order valence-corrected chi connectivity index (χ2v) is 8.39. The van der Waals surface area contributed by atoms with E-state index in [-0.39, 0.29) is 18.4 Å². The lowest BCUT2D eigenvalue weighted by Gasteiger charge is -2.33. The molecule has 1 saturated heterocycles. The summed E-state index contributed by atoms with van der Waals surface area (Å²) in [5.41, 5.74) is 4.38. The molecule has 7 nitrogen and oxygen atoms in total. The highest BCUT2D eigenvalue weighted by Gasteiger charge is 2.34. The van der Waals surface area contributed by atoms with Crippen LogP contribution in [0.1, 0.15) is 42.6 Å². The molecule has 3 aromatic rings. The van der Waals surface area contributed by atoms with Crippen LogP contribution < -0.4 is 10.2 Å². The van der Waals surface area contributed by atoms with Crippen LogP contribution in [0.2, 0.25) is 0 Å². The topological polar surface area (TPSA) is 84.7 Å². The second kappa shape index (κ2) is 7.72. The first-order chi connectivity index (χ1) is 15.0. The molecule has 2 aromatic carbocycles. The van der Waals surface area contributed by atoms with E-state index in [1.165, 1.54) is 13.3 Å². The Morgan fingerprint density at radius 3 is 2.90 bits per heavy atom. The maximum Gasteiger partial charge on any atom is 0.302 e. The van der Waals surface area contributed by atoms with Gasteiger partial charge >= 0.3 is 5.97 Å². The molecule has 1 aliphatic heterocycles. The molecule has 31 heavy (non-hydrogen) atoms. The summed E-state index contributed by atoms with van der Waals surface area (Å²) in [4.78, 5) is 26.9. The Balaban J connectivity index is 1.65. The minimum absolute atomic E-state index is 0.0511.